The molecule has 13 heteroatoms. The lowest BCUT2D eigenvalue weighted by Gasteiger charge is -2.24. The molecular formula is C32H26N4O9. The lowest BCUT2D eigenvalue weighted by molar-refractivity contribution is -0.0734. The van der Waals surface area contributed by atoms with Gasteiger partial charge in [0.05, 0.1) is 36.3 Å². The van der Waals surface area contributed by atoms with Crippen LogP contribution in [0.2, 0.25) is 0 Å². The first kappa shape index (κ1) is 30.6. The van der Waals surface area contributed by atoms with Gasteiger partial charge in [-0.3, -0.25) is 0 Å². The van der Waals surface area contributed by atoms with Crippen LogP contribution in [0.1, 0.15) is 53.5 Å². The average Bonchev–Trinajstić information content (AvgIpc) is 3.65. The van der Waals surface area contributed by atoms with Gasteiger partial charge in [-0.1, -0.05) is 54.6 Å². The highest BCUT2D eigenvalue weighted by Crippen LogP contribution is 2.35. The van der Waals surface area contributed by atoms with Gasteiger partial charge in [0.2, 0.25) is 6.23 Å². The normalized spacial score (nSPS) is 18.8. The van der Waals surface area contributed by atoms with Gasteiger partial charge in [0.15, 0.2) is 17.9 Å². The summed E-state index contributed by atoms with van der Waals surface area (Å²) in [6.45, 7) is -0.424. The molecule has 4 aromatic rings. The lowest BCUT2D eigenvalue weighted by atomic mass is 10.1. The minimum Gasteiger partial charge on any atom is -0.464 e. The number of benzene rings is 3. The van der Waals surface area contributed by atoms with E-state index >= 15 is 0 Å². The molecular weight excluding hydrogens is 584 g/mol. The molecule has 0 amide bonds. The number of esters is 4. The Morgan fingerprint density at radius 3 is 1.78 bits per heavy atom. The van der Waals surface area contributed by atoms with E-state index in [0.29, 0.717) is 0 Å². The number of hydrogen-bond donors (Lipinski definition) is 0. The fourth-order valence-corrected chi connectivity index (χ4v) is 4.56. The van der Waals surface area contributed by atoms with Crippen molar-refractivity contribution < 1.29 is 42.9 Å². The third-order valence-corrected chi connectivity index (χ3v) is 6.73. The summed E-state index contributed by atoms with van der Waals surface area (Å²) in [5.74, 6) is -3.08. The molecule has 0 aliphatic carbocycles. The van der Waals surface area contributed by atoms with Crippen LogP contribution in [-0.4, -0.2) is 70.9 Å². The number of ether oxygens (including phenoxy) is 5. The first-order chi connectivity index (χ1) is 21.9. The van der Waals surface area contributed by atoms with Gasteiger partial charge in [0.1, 0.15) is 18.4 Å². The molecule has 45 heavy (non-hydrogen) atoms. The van der Waals surface area contributed by atoms with Crippen LogP contribution in [-0.2, 0) is 30.1 Å². The number of methoxy groups -OCH3 is 1. The predicted molar refractivity (Wildman–Crippen MR) is 153 cm³/mol. The maximum absolute atomic E-state index is 13.3. The van der Waals surface area contributed by atoms with Gasteiger partial charge in [0.25, 0.3) is 0 Å². The second-order valence-corrected chi connectivity index (χ2v) is 9.64. The molecule has 0 radical (unpaired) electrons. The molecule has 1 aliphatic rings. The molecule has 0 spiro atoms. The van der Waals surface area contributed by atoms with E-state index in [2.05, 4.69) is 10.2 Å². The monoisotopic (exact) mass is 610 g/mol. The zero-order valence-corrected chi connectivity index (χ0v) is 23.8. The maximum Gasteiger partial charge on any atom is 0.360 e. The van der Waals surface area contributed by atoms with Gasteiger partial charge >= 0.3 is 23.9 Å². The van der Waals surface area contributed by atoms with Crippen LogP contribution < -0.4 is 0 Å². The van der Waals surface area contributed by atoms with Crippen LogP contribution in [0, 0.1) is 11.3 Å². The lowest BCUT2D eigenvalue weighted by Crippen LogP contribution is -2.41. The molecule has 4 atom stereocenters. The van der Waals surface area contributed by atoms with Crippen molar-refractivity contribution >= 4 is 23.9 Å². The highest BCUT2D eigenvalue weighted by molar-refractivity contribution is 5.91. The SMILES string of the molecule is COC(=O)c1nn([C@@H]2O[C@H](COC(=O)c3ccccc3)[C@@H](OC(=O)c3ccccc3)[C@H]2OC(=O)c2ccccc2)nc1CC#N. The Morgan fingerprint density at radius 2 is 1.27 bits per heavy atom. The zero-order valence-electron chi connectivity index (χ0n) is 23.8. The number of nitrogens with zero attached hydrogens (tertiary/aromatic N) is 4. The molecule has 1 fully saturated rings. The quantitative estimate of drug-likeness (QED) is 0.190. The topological polar surface area (TPSA) is 169 Å². The van der Waals surface area contributed by atoms with Crippen LogP contribution in [0.15, 0.2) is 91.0 Å². The van der Waals surface area contributed by atoms with Crippen molar-refractivity contribution in [2.75, 3.05) is 13.7 Å². The van der Waals surface area contributed by atoms with Crippen molar-refractivity contribution in [3.63, 3.8) is 0 Å². The Balaban J connectivity index is 1.53. The Hall–Kier alpha value is -5.87. The van der Waals surface area contributed by atoms with Crippen molar-refractivity contribution in [3.05, 3.63) is 119 Å². The van der Waals surface area contributed by atoms with Gasteiger partial charge < -0.3 is 23.7 Å². The number of carbonyl (C=O) groups excluding carboxylic acids is 4. The van der Waals surface area contributed by atoms with E-state index in [0.717, 1.165) is 11.9 Å². The second kappa shape index (κ2) is 14.1. The summed E-state index contributed by atoms with van der Waals surface area (Å²) in [5, 5.41) is 17.7. The van der Waals surface area contributed by atoms with Gasteiger partial charge in [-0.25, -0.2) is 19.2 Å². The number of nitriles is 1. The second-order valence-electron chi connectivity index (χ2n) is 9.64. The predicted octanol–water partition coefficient (Wildman–Crippen LogP) is 3.34. The maximum atomic E-state index is 13.3. The van der Waals surface area contributed by atoms with E-state index in [-0.39, 0.29) is 34.5 Å². The molecule has 3 aromatic carbocycles. The van der Waals surface area contributed by atoms with Crippen molar-refractivity contribution in [2.24, 2.45) is 0 Å². The Bertz CT molecular complexity index is 1700. The molecule has 0 saturated carbocycles. The Morgan fingerprint density at radius 1 is 0.756 bits per heavy atom. The van der Waals surface area contributed by atoms with E-state index in [4.69, 9.17) is 23.7 Å². The van der Waals surface area contributed by atoms with Crippen LogP contribution in [0.4, 0.5) is 0 Å². The fraction of sp³-hybridized carbons (Fsp3) is 0.219. The van der Waals surface area contributed by atoms with Crippen molar-refractivity contribution in [1.29, 1.82) is 5.26 Å². The van der Waals surface area contributed by atoms with E-state index < -0.39 is 55.0 Å². The number of carbonyl (C=O) groups is 4. The molecule has 1 aromatic heterocycles. The molecule has 1 saturated heterocycles. The highest BCUT2D eigenvalue weighted by atomic mass is 16.7. The first-order valence-electron chi connectivity index (χ1n) is 13.7. The van der Waals surface area contributed by atoms with Crippen LogP contribution in [0.3, 0.4) is 0 Å². The number of hydrogen-bond acceptors (Lipinski definition) is 12. The Kier molecular flexibility index (Phi) is 9.56. The standard InChI is InChI=1S/C32H26N4O9/c1-41-32(40)25-23(17-18-33)34-36(35-25)28-27(45-31(39)22-15-9-4-10-16-22)26(44-30(38)21-13-7-3-8-14-21)24(43-28)19-42-29(37)20-11-5-2-6-12-20/h2-16,24,26-28H,17,19H2,1H3/t24-,26-,27-,28-/m1/s1. The summed E-state index contributed by atoms with van der Waals surface area (Å²) < 4.78 is 28.2. The molecule has 0 N–H and O–H groups in total. The number of rotatable bonds is 10. The Labute approximate surface area is 256 Å². The molecule has 0 bridgehead atoms. The van der Waals surface area contributed by atoms with Gasteiger partial charge in [-0.15, -0.1) is 9.90 Å². The first-order valence-corrected chi connectivity index (χ1v) is 13.7. The zero-order chi connectivity index (χ0) is 31.8. The third kappa shape index (κ3) is 7.03. The summed E-state index contributed by atoms with van der Waals surface area (Å²) >= 11 is 0. The van der Waals surface area contributed by atoms with Crippen LogP contribution in [0.25, 0.3) is 0 Å². The third-order valence-electron chi connectivity index (χ3n) is 6.73. The van der Waals surface area contributed by atoms with Crippen LogP contribution in [0.5, 0.6) is 0 Å². The average molecular weight is 611 g/mol. The smallest absolute Gasteiger partial charge is 0.360 e. The molecule has 1 aliphatic heterocycles. The van der Waals surface area contributed by atoms with Crippen molar-refractivity contribution in [2.45, 2.75) is 31.0 Å². The number of aromatic nitrogens is 3. The van der Waals surface area contributed by atoms with E-state index in [1.165, 1.54) is 24.3 Å². The summed E-state index contributed by atoms with van der Waals surface area (Å²) in [4.78, 5) is 52.7. The molecule has 13 nitrogen and oxygen atoms in total. The molecule has 228 valence electrons. The summed E-state index contributed by atoms with van der Waals surface area (Å²) in [6.07, 6.45) is -5.61. The summed E-state index contributed by atoms with van der Waals surface area (Å²) in [5.41, 5.74) is 0.396. The van der Waals surface area contributed by atoms with E-state index in [1.54, 1.807) is 66.7 Å². The summed E-state index contributed by atoms with van der Waals surface area (Å²) in [6, 6.07) is 26.3. The molecule has 0 unspecified atom stereocenters. The molecule has 5 rings (SSSR count). The fourth-order valence-electron chi connectivity index (χ4n) is 4.56. The van der Waals surface area contributed by atoms with Crippen molar-refractivity contribution in [1.82, 2.24) is 15.0 Å². The minimum absolute atomic E-state index is 0.0159. The van der Waals surface area contributed by atoms with Gasteiger partial charge in [-0.05, 0) is 36.4 Å². The highest BCUT2D eigenvalue weighted by Gasteiger charge is 2.52. The van der Waals surface area contributed by atoms with Gasteiger partial charge in [-0.2, -0.15) is 10.4 Å². The molecule has 2 heterocycles. The van der Waals surface area contributed by atoms with E-state index in [9.17, 15) is 24.4 Å². The largest absolute Gasteiger partial charge is 0.464 e. The minimum atomic E-state index is -1.40. The van der Waals surface area contributed by atoms with Gasteiger partial charge in [0, 0.05) is 0 Å². The summed E-state index contributed by atoms with van der Waals surface area (Å²) in [7, 11) is 1.14. The van der Waals surface area contributed by atoms with Crippen LogP contribution >= 0.6 is 0 Å². The van der Waals surface area contributed by atoms with E-state index in [1.807, 2.05) is 6.07 Å². The van der Waals surface area contributed by atoms with Crippen molar-refractivity contribution in [3.8, 4) is 6.07 Å².